The Labute approximate surface area is 190 Å². The number of aromatic nitrogens is 1. The molecule has 0 atom stereocenters. The van der Waals surface area contributed by atoms with Gasteiger partial charge in [0.1, 0.15) is 0 Å². The first kappa shape index (κ1) is 21.6. The quantitative estimate of drug-likeness (QED) is 0.343. The molecule has 4 rings (SSSR count). The zero-order valence-electron chi connectivity index (χ0n) is 19.6. The largest absolute Gasteiger partial charge is 0.331 e. The van der Waals surface area contributed by atoms with E-state index in [4.69, 9.17) is 4.98 Å². The molecule has 0 saturated heterocycles. The van der Waals surface area contributed by atoms with Gasteiger partial charge in [0.25, 0.3) is 0 Å². The maximum absolute atomic E-state index is 5.10. The van der Waals surface area contributed by atoms with Crippen LogP contribution in [0.25, 0.3) is 21.3 Å². The highest BCUT2D eigenvalue weighted by atomic mass is 32.1. The molecule has 0 amide bonds. The highest BCUT2D eigenvalue weighted by Crippen LogP contribution is 2.40. The van der Waals surface area contributed by atoms with Crippen LogP contribution < -0.4 is 5.32 Å². The summed E-state index contributed by atoms with van der Waals surface area (Å²) in [4.78, 5) is 5.10. The molecule has 0 saturated carbocycles. The Morgan fingerprint density at radius 2 is 1.39 bits per heavy atom. The number of benzene rings is 3. The molecule has 1 N–H and O–H groups in total. The molecule has 0 aliphatic rings. The van der Waals surface area contributed by atoms with E-state index in [1.54, 1.807) is 11.3 Å². The predicted molar refractivity (Wildman–Crippen MR) is 137 cm³/mol. The molecule has 0 radical (unpaired) electrons. The SMILES string of the molecule is Cc1cc(C)c(-c2cccc3sc(Nc4c(C(C)C)cccc4C(C)C)nc23)c(C)c1. The number of nitrogens with one attached hydrogen (secondary N) is 1. The average molecular weight is 429 g/mol. The summed E-state index contributed by atoms with van der Waals surface area (Å²) in [6.07, 6.45) is 0. The van der Waals surface area contributed by atoms with Crippen LogP contribution in [0.15, 0.2) is 48.5 Å². The van der Waals surface area contributed by atoms with Crippen molar-refractivity contribution in [2.24, 2.45) is 0 Å². The van der Waals surface area contributed by atoms with Crippen LogP contribution in [0.2, 0.25) is 0 Å². The van der Waals surface area contributed by atoms with E-state index in [0.717, 1.165) is 10.6 Å². The van der Waals surface area contributed by atoms with Crippen molar-refractivity contribution in [2.45, 2.75) is 60.3 Å². The molecule has 3 heteroatoms. The van der Waals surface area contributed by atoms with Crippen molar-refractivity contribution in [3.05, 3.63) is 76.3 Å². The Morgan fingerprint density at radius 3 is 1.97 bits per heavy atom. The lowest BCUT2D eigenvalue weighted by atomic mass is 9.93. The highest BCUT2D eigenvalue weighted by Gasteiger charge is 2.17. The minimum absolute atomic E-state index is 0.448. The van der Waals surface area contributed by atoms with Gasteiger partial charge in [0.15, 0.2) is 5.13 Å². The van der Waals surface area contributed by atoms with Gasteiger partial charge in [0.2, 0.25) is 0 Å². The molecule has 4 aromatic rings. The van der Waals surface area contributed by atoms with E-state index in [2.05, 4.69) is 102 Å². The summed E-state index contributed by atoms with van der Waals surface area (Å²) >= 11 is 1.73. The monoisotopic (exact) mass is 428 g/mol. The van der Waals surface area contributed by atoms with Crippen molar-refractivity contribution in [3.63, 3.8) is 0 Å². The fourth-order valence-corrected chi connectivity index (χ4v) is 5.51. The minimum Gasteiger partial charge on any atom is -0.331 e. The van der Waals surface area contributed by atoms with Crippen LogP contribution in [0.5, 0.6) is 0 Å². The number of fused-ring (bicyclic) bond motifs is 1. The normalized spacial score (nSPS) is 11.6. The first-order valence-electron chi connectivity index (χ1n) is 11.1. The topological polar surface area (TPSA) is 24.9 Å². The van der Waals surface area contributed by atoms with Gasteiger partial charge in [0.05, 0.1) is 10.2 Å². The van der Waals surface area contributed by atoms with Crippen LogP contribution in [0, 0.1) is 20.8 Å². The summed E-state index contributed by atoms with van der Waals surface area (Å²) in [6, 6.07) is 17.7. The predicted octanol–water partition coefficient (Wildman–Crippen LogP) is 8.88. The average Bonchev–Trinajstić information content (AvgIpc) is 3.10. The fraction of sp³-hybridized carbons (Fsp3) is 0.321. The molecular weight excluding hydrogens is 396 g/mol. The summed E-state index contributed by atoms with van der Waals surface area (Å²) in [5, 5.41) is 4.68. The van der Waals surface area contributed by atoms with Crippen molar-refractivity contribution in [1.29, 1.82) is 0 Å². The third-order valence-corrected chi connectivity index (χ3v) is 6.91. The lowest BCUT2D eigenvalue weighted by Gasteiger charge is -2.19. The molecule has 1 heterocycles. The number of para-hydroxylation sites is 2. The second-order valence-electron chi connectivity index (χ2n) is 9.19. The number of aryl methyl sites for hydroxylation is 3. The molecule has 0 aliphatic carbocycles. The maximum Gasteiger partial charge on any atom is 0.188 e. The Hall–Kier alpha value is -2.65. The molecule has 31 heavy (non-hydrogen) atoms. The van der Waals surface area contributed by atoms with Gasteiger partial charge in [-0.15, -0.1) is 0 Å². The second kappa shape index (κ2) is 8.47. The highest BCUT2D eigenvalue weighted by molar-refractivity contribution is 7.22. The van der Waals surface area contributed by atoms with E-state index in [1.807, 2.05) is 0 Å². The number of thiazole rings is 1. The molecule has 160 valence electrons. The molecule has 0 spiro atoms. The van der Waals surface area contributed by atoms with Gasteiger partial charge in [-0.1, -0.05) is 87.1 Å². The van der Waals surface area contributed by atoms with Gasteiger partial charge in [-0.05, 0) is 66.5 Å². The summed E-state index contributed by atoms with van der Waals surface area (Å²) in [5.41, 5.74) is 11.4. The van der Waals surface area contributed by atoms with Gasteiger partial charge in [-0.3, -0.25) is 0 Å². The number of anilines is 2. The van der Waals surface area contributed by atoms with E-state index < -0.39 is 0 Å². The molecule has 1 aromatic heterocycles. The van der Waals surface area contributed by atoms with Gasteiger partial charge in [-0.25, -0.2) is 4.98 Å². The first-order valence-corrected chi connectivity index (χ1v) is 12.0. The molecule has 0 aliphatic heterocycles. The Morgan fingerprint density at radius 1 is 0.806 bits per heavy atom. The third kappa shape index (κ3) is 4.12. The molecule has 0 fully saturated rings. The zero-order chi connectivity index (χ0) is 22.3. The van der Waals surface area contributed by atoms with Crippen LogP contribution in [-0.2, 0) is 0 Å². The molecule has 3 aromatic carbocycles. The Balaban J connectivity index is 1.84. The van der Waals surface area contributed by atoms with Crippen LogP contribution >= 0.6 is 11.3 Å². The van der Waals surface area contributed by atoms with Crippen LogP contribution in [0.3, 0.4) is 0 Å². The van der Waals surface area contributed by atoms with E-state index in [-0.39, 0.29) is 0 Å². The van der Waals surface area contributed by atoms with Crippen molar-refractivity contribution >= 4 is 32.4 Å². The molecule has 0 unspecified atom stereocenters. The van der Waals surface area contributed by atoms with Crippen molar-refractivity contribution in [2.75, 3.05) is 5.32 Å². The standard InChI is InChI=1S/C28H32N2S/c1-16(2)21-10-8-11-22(17(3)4)26(21)29-28-30-27-23(12-9-13-24(27)31-28)25-19(6)14-18(5)15-20(25)7/h8-17H,1-7H3,(H,29,30). The maximum atomic E-state index is 5.10. The lowest BCUT2D eigenvalue weighted by Crippen LogP contribution is -2.03. The summed E-state index contributed by atoms with van der Waals surface area (Å²) in [7, 11) is 0. The van der Waals surface area contributed by atoms with E-state index in [0.29, 0.717) is 11.8 Å². The van der Waals surface area contributed by atoms with Crippen molar-refractivity contribution in [1.82, 2.24) is 4.98 Å². The Bertz CT molecular complexity index is 1200. The second-order valence-corrected chi connectivity index (χ2v) is 10.2. The number of hydrogen-bond donors (Lipinski definition) is 1. The molecular formula is C28H32N2S. The molecule has 0 bridgehead atoms. The third-order valence-electron chi connectivity index (χ3n) is 5.97. The van der Waals surface area contributed by atoms with E-state index in [1.165, 1.54) is 49.3 Å². The fourth-order valence-electron chi connectivity index (χ4n) is 4.61. The van der Waals surface area contributed by atoms with Crippen molar-refractivity contribution < 1.29 is 0 Å². The van der Waals surface area contributed by atoms with Gasteiger partial charge >= 0.3 is 0 Å². The Kier molecular flexibility index (Phi) is 5.90. The summed E-state index contributed by atoms with van der Waals surface area (Å²) in [5.74, 6) is 0.896. The lowest BCUT2D eigenvalue weighted by molar-refractivity contribution is 0.838. The van der Waals surface area contributed by atoms with E-state index in [9.17, 15) is 0 Å². The van der Waals surface area contributed by atoms with E-state index >= 15 is 0 Å². The van der Waals surface area contributed by atoms with Crippen molar-refractivity contribution in [3.8, 4) is 11.1 Å². The number of hydrogen-bond acceptors (Lipinski definition) is 3. The van der Waals surface area contributed by atoms with Crippen LogP contribution in [-0.4, -0.2) is 4.98 Å². The van der Waals surface area contributed by atoms with Gasteiger partial charge in [0, 0.05) is 11.3 Å². The number of rotatable bonds is 5. The van der Waals surface area contributed by atoms with Gasteiger partial charge < -0.3 is 5.32 Å². The molecule has 2 nitrogen and oxygen atoms in total. The van der Waals surface area contributed by atoms with Gasteiger partial charge in [-0.2, -0.15) is 0 Å². The summed E-state index contributed by atoms with van der Waals surface area (Å²) < 4.78 is 1.22. The smallest absolute Gasteiger partial charge is 0.188 e. The minimum atomic E-state index is 0.448. The first-order chi connectivity index (χ1) is 14.8. The number of nitrogens with zero attached hydrogens (tertiary/aromatic N) is 1. The van der Waals surface area contributed by atoms with Crippen LogP contribution in [0.4, 0.5) is 10.8 Å². The summed E-state index contributed by atoms with van der Waals surface area (Å²) in [6.45, 7) is 15.6. The van der Waals surface area contributed by atoms with Crippen LogP contribution in [0.1, 0.15) is 67.3 Å². The zero-order valence-corrected chi connectivity index (χ0v) is 20.4.